The fourth-order valence-corrected chi connectivity index (χ4v) is 8.45. The van der Waals surface area contributed by atoms with Crippen molar-refractivity contribution < 1.29 is 28.7 Å². The Balaban J connectivity index is 1.61. The van der Waals surface area contributed by atoms with E-state index in [1.54, 1.807) is 24.3 Å². The summed E-state index contributed by atoms with van der Waals surface area (Å²) in [6, 6.07) is 3.44. The molecule has 4 aromatic rings. The molecule has 0 radical (unpaired) electrons. The topological polar surface area (TPSA) is 143 Å². The first kappa shape index (κ1) is 48.2. The summed E-state index contributed by atoms with van der Waals surface area (Å²) in [6.07, 6.45) is -2.96. The summed E-state index contributed by atoms with van der Waals surface area (Å²) >= 11 is 93.2. The highest BCUT2D eigenvalue weighted by atomic mass is 35.5. The average molecular weight is 1070 g/mol. The molecule has 0 aliphatic heterocycles. The van der Waals surface area contributed by atoms with Gasteiger partial charge in [-0.15, -0.1) is 5.48 Å². The van der Waals surface area contributed by atoms with Gasteiger partial charge in [-0.1, -0.05) is 198 Å². The second-order valence-electron chi connectivity index (χ2n) is 10.9. The van der Waals surface area contributed by atoms with E-state index in [1.807, 2.05) is 5.48 Å². The first-order valence-corrected chi connectivity index (χ1v) is 20.3. The van der Waals surface area contributed by atoms with E-state index in [1.165, 1.54) is 0 Å². The number of nitrogens with two attached hydrogens (primary N) is 2. The zero-order valence-electron chi connectivity index (χ0n) is 26.7. The SMILES string of the molecule is NC(Cc1ccccc1-c1c(Cl)c(Cl)c(Cl)c(Cl)c1Cl)C(=O)ONC(OC(=O)C(N)Cc1c(Cl)c(Cl)c(Cl)c(Cl)c1Cl)C(=O)Oc1c(Cl)c(Cl)c(Cl)c(Cl)c1Cl. The molecule has 9 nitrogen and oxygen atoms in total. The fraction of sp³-hybridized carbons (Fsp3) is 0.156. The van der Waals surface area contributed by atoms with Crippen LogP contribution in [0, 0.1) is 0 Å². The average Bonchev–Trinajstić information content (AvgIpc) is 3.18. The van der Waals surface area contributed by atoms with Gasteiger partial charge in [0.25, 0.3) is 6.23 Å². The van der Waals surface area contributed by atoms with Crippen LogP contribution in [0.3, 0.4) is 0 Å². The van der Waals surface area contributed by atoms with E-state index < -0.39 is 58.4 Å². The van der Waals surface area contributed by atoms with E-state index in [9.17, 15) is 14.4 Å². The molecule has 4 aromatic carbocycles. The van der Waals surface area contributed by atoms with Gasteiger partial charge in [-0.3, -0.25) is 4.79 Å². The Morgan fingerprint density at radius 2 is 0.929 bits per heavy atom. The van der Waals surface area contributed by atoms with Gasteiger partial charge in [0.1, 0.15) is 22.1 Å². The fourth-order valence-electron chi connectivity index (χ4n) is 4.58. The molecule has 0 aliphatic carbocycles. The maximum absolute atomic E-state index is 13.5. The van der Waals surface area contributed by atoms with Crippen molar-refractivity contribution in [2.24, 2.45) is 11.5 Å². The monoisotopic (exact) mass is 1060 g/mol. The predicted molar refractivity (Wildman–Crippen MR) is 228 cm³/mol. The Labute approximate surface area is 392 Å². The van der Waals surface area contributed by atoms with Gasteiger partial charge in [-0.2, -0.15) is 0 Å². The standard InChI is InChI=1S/C32H16Cl15N3O6/c33-13-9(14(34)18(38)21(41)17(13)37)6-11(49)30(51)55-29(32(53)54-28-26(46)24(44)23(43)25(45)27(28)47)50-56-31(52)10(48)5-7-3-1-2-4-8(7)12-15(35)19(39)22(42)20(40)16(12)36/h1-4,10-11,29,50H,5-6,48-49H2. The number of hydroxylamine groups is 1. The molecule has 4 rings (SSSR count). The third-order valence-electron chi connectivity index (χ3n) is 7.35. The molecule has 300 valence electrons. The highest BCUT2D eigenvalue weighted by Crippen LogP contribution is 2.50. The quantitative estimate of drug-likeness (QED) is 0.0315. The Morgan fingerprint density at radius 1 is 0.518 bits per heavy atom. The number of carbonyl (C=O) groups is 3. The molecule has 0 aliphatic rings. The second kappa shape index (κ2) is 20.4. The molecule has 0 aromatic heterocycles. The first-order valence-electron chi connectivity index (χ1n) is 14.6. The number of nitrogens with one attached hydrogen (secondary N) is 1. The van der Waals surface area contributed by atoms with Crippen LogP contribution in [0.25, 0.3) is 11.1 Å². The van der Waals surface area contributed by atoms with Gasteiger partial charge in [0.05, 0.1) is 65.3 Å². The minimum atomic E-state index is -2.29. The van der Waals surface area contributed by atoms with Gasteiger partial charge in [0.2, 0.25) is 0 Å². The van der Waals surface area contributed by atoms with Gasteiger partial charge >= 0.3 is 17.9 Å². The molecule has 0 spiro atoms. The van der Waals surface area contributed by atoms with Gasteiger partial charge < -0.3 is 25.8 Å². The molecule has 0 amide bonds. The van der Waals surface area contributed by atoms with Crippen LogP contribution in [0.4, 0.5) is 0 Å². The molecule has 3 unspecified atom stereocenters. The third-order valence-corrected chi connectivity index (χ3v) is 14.2. The summed E-state index contributed by atoms with van der Waals surface area (Å²) in [5, 5.41) is -2.91. The van der Waals surface area contributed by atoms with Gasteiger partial charge in [-0.05, 0) is 23.1 Å². The van der Waals surface area contributed by atoms with Crippen molar-refractivity contribution in [3.63, 3.8) is 0 Å². The lowest BCUT2D eigenvalue weighted by molar-refractivity contribution is -0.183. The summed E-state index contributed by atoms with van der Waals surface area (Å²) in [4.78, 5) is 45.1. The van der Waals surface area contributed by atoms with E-state index in [2.05, 4.69) is 0 Å². The van der Waals surface area contributed by atoms with Crippen molar-refractivity contribution in [3.8, 4) is 16.9 Å². The number of esters is 2. The Bertz CT molecular complexity index is 2170. The summed E-state index contributed by atoms with van der Waals surface area (Å²) in [5.74, 6) is -4.58. The lowest BCUT2D eigenvalue weighted by Gasteiger charge is -2.22. The summed E-state index contributed by atoms with van der Waals surface area (Å²) < 4.78 is 10.5. The number of benzene rings is 4. The maximum Gasteiger partial charge on any atom is 0.371 e. The van der Waals surface area contributed by atoms with Crippen molar-refractivity contribution in [2.75, 3.05) is 0 Å². The molecular weight excluding hydrogens is 1050 g/mol. The summed E-state index contributed by atoms with van der Waals surface area (Å²) in [5.41, 5.74) is 15.3. The molecule has 0 saturated carbocycles. The van der Waals surface area contributed by atoms with Gasteiger partial charge in [0, 0.05) is 12.0 Å². The van der Waals surface area contributed by atoms with Gasteiger partial charge in [-0.25, -0.2) is 9.59 Å². The van der Waals surface area contributed by atoms with Crippen molar-refractivity contribution in [1.82, 2.24) is 5.48 Å². The molecule has 5 N–H and O–H groups in total. The van der Waals surface area contributed by atoms with Crippen molar-refractivity contribution in [3.05, 3.63) is 111 Å². The molecule has 3 atom stereocenters. The summed E-state index contributed by atoms with van der Waals surface area (Å²) in [6.45, 7) is 0. The van der Waals surface area contributed by atoms with Crippen LogP contribution in [0.5, 0.6) is 5.75 Å². The van der Waals surface area contributed by atoms with E-state index in [0.717, 1.165) is 0 Å². The zero-order valence-corrected chi connectivity index (χ0v) is 38.1. The lowest BCUT2D eigenvalue weighted by atomic mass is 9.95. The largest absolute Gasteiger partial charge is 0.431 e. The maximum atomic E-state index is 13.5. The Hall–Kier alpha value is -0.480. The molecule has 24 heteroatoms. The van der Waals surface area contributed by atoms with Crippen LogP contribution in [0.15, 0.2) is 24.3 Å². The molecule has 0 saturated heterocycles. The number of ether oxygens (including phenoxy) is 2. The number of halogens is 15. The summed E-state index contributed by atoms with van der Waals surface area (Å²) in [7, 11) is 0. The smallest absolute Gasteiger partial charge is 0.371 e. The number of hydrogen-bond acceptors (Lipinski definition) is 9. The van der Waals surface area contributed by atoms with E-state index in [0.29, 0.717) is 11.1 Å². The molecule has 0 bridgehead atoms. The normalized spacial score (nSPS) is 12.9. The number of carbonyl (C=O) groups excluding carboxylic acids is 3. The second-order valence-corrected chi connectivity index (χ2v) is 16.6. The van der Waals surface area contributed by atoms with E-state index >= 15 is 0 Å². The minimum Gasteiger partial charge on any atom is -0.431 e. The highest BCUT2D eigenvalue weighted by Gasteiger charge is 2.34. The van der Waals surface area contributed by atoms with Crippen LogP contribution >= 0.6 is 174 Å². The van der Waals surface area contributed by atoms with Crippen LogP contribution in [0.1, 0.15) is 11.1 Å². The molecular formula is C32H16Cl15N3O6. The number of rotatable bonds is 12. The Morgan fingerprint density at radius 3 is 1.43 bits per heavy atom. The molecule has 0 fully saturated rings. The first-order chi connectivity index (χ1) is 26.1. The van der Waals surface area contributed by atoms with Crippen LogP contribution in [-0.4, -0.2) is 36.2 Å². The van der Waals surface area contributed by atoms with Crippen LogP contribution < -0.4 is 21.7 Å². The van der Waals surface area contributed by atoms with Crippen LogP contribution in [-0.2, 0) is 36.8 Å². The lowest BCUT2D eigenvalue weighted by Crippen LogP contribution is -2.49. The molecule has 0 heterocycles. The van der Waals surface area contributed by atoms with Crippen molar-refractivity contribution >= 4 is 192 Å². The minimum absolute atomic E-state index is 0.0108. The van der Waals surface area contributed by atoms with Gasteiger partial charge in [0.15, 0.2) is 5.75 Å². The van der Waals surface area contributed by atoms with Crippen molar-refractivity contribution in [2.45, 2.75) is 31.2 Å². The van der Waals surface area contributed by atoms with E-state index in [4.69, 9.17) is 200 Å². The zero-order chi connectivity index (χ0) is 42.1. The van der Waals surface area contributed by atoms with E-state index in [-0.39, 0.29) is 82.8 Å². The highest BCUT2D eigenvalue weighted by molar-refractivity contribution is 6.58. The molecule has 56 heavy (non-hydrogen) atoms. The Kier molecular flexibility index (Phi) is 17.5. The third kappa shape index (κ3) is 10.3. The van der Waals surface area contributed by atoms with Crippen molar-refractivity contribution in [1.29, 1.82) is 0 Å². The van der Waals surface area contributed by atoms with Crippen LogP contribution in [0.2, 0.25) is 75.3 Å². The number of hydrogen-bond donors (Lipinski definition) is 3. The predicted octanol–water partition coefficient (Wildman–Crippen LogP) is 13.1.